The number of alkyl carbamates (subject to hydrolysis) is 1. The molecule has 3 N–H and O–H groups in total. The lowest BCUT2D eigenvalue weighted by molar-refractivity contribution is -0.142. The minimum atomic E-state index is -1.06. The number of carbonyl (C=O) groups is 3. The first-order chi connectivity index (χ1) is 15.5. The van der Waals surface area contributed by atoms with E-state index in [1.165, 1.54) is 11.1 Å². The van der Waals surface area contributed by atoms with Crippen molar-refractivity contribution in [2.75, 3.05) is 26.4 Å². The second-order valence-corrected chi connectivity index (χ2v) is 7.48. The lowest BCUT2D eigenvalue weighted by Gasteiger charge is -2.14. The van der Waals surface area contributed by atoms with Crippen molar-refractivity contribution in [3.05, 3.63) is 59.7 Å². The molecule has 2 aromatic rings. The van der Waals surface area contributed by atoms with E-state index >= 15 is 0 Å². The summed E-state index contributed by atoms with van der Waals surface area (Å²) in [6.45, 7) is 2.51. The molecular formula is C24H28N2O6. The van der Waals surface area contributed by atoms with E-state index in [9.17, 15) is 14.4 Å². The second kappa shape index (κ2) is 11.3. The van der Waals surface area contributed by atoms with Gasteiger partial charge < -0.3 is 25.2 Å². The van der Waals surface area contributed by atoms with Gasteiger partial charge in [0.25, 0.3) is 0 Å². The SMILES string of the molecule is CC[C@H](NC(=O)CCOCCNC(=O)OCC1c2ccccc2-c2ccccc21)C(=O)O. The summed E-state index contributed by atoms with van der Waals surface area (Å²) in [5, 5.41) is 14.0. The zero-order valence-electron chi connectivity index (χ0n) is 18.0. The summed E-state index contributed by atoms with van der Waals surface area (Å²) in [7, 11) is 0. The van der Waals surface area contributed by atoms with Crippen LogP contribution in [-0.4, -0.2) is 55.5 Å². The standard InChI is InChI=1S/C24H28N2O6/c1-2-21(23(28)29)26-22(27)11-13-31-14-12-25-24(30)32-15-20-18-9-5-3-7-16(18)17-8-4-6-10-19(17)20/h3-10,20-21H,2,11-15H2,1H3,(H,25,30)(H,26,27)(H,28,29)/t21-/m0/s1. The molecule has 0 spiro atoms. The molecule has 0 saturated heterocycles. The molecule has 0 heterocycles. The predicted octanol–water partition coefficient (Wildman–Crippen LogP) is 2.91. The third-order valence-corrected chi connectivity index (χ3v) is 5.37. The fourth-order valence-electron chi connectivity index (χ4n) is 3.75. The summed E-state index contributed by atoms with van der Waals surface area (Å²) in [4.78, 5) is 34.7. The molecule has 0 aliphatic heterocycles. The Bertz CT molecular complexity index is 916. The molecule has 1 aliphatic rings. The summed E-state index contributed by atoms with van der Waals surface area (Å²) >= 11 is 0. The van der Waals surface area contributed by atoms with Crippen molar-refractivity contribution in [1.82, 2.24) is 10.6 Å². The normalized spacial score (nSPS) is 13.0. The molecule has 3 rings (SSSR count). The molecule has 2 amide bonds. The fraction of sp³-hybridized carbons (Fsp3) is 0.375. The van der Waals surface area contributed by atoms with E-state index in [4.69, 9.17) is 14.6 Å². The van der Waals surface area contributed by atoms with Crippen LogP contribution in [-0.2, 0) is 19.1 Å². The number of hydrogen-bond donors (Lipinski definition) is 3. The summed E-state index contributed by atoms with van der Waals surface area (Å²) in [5.41, 5.74) is 4.64. The van der Waals surface area contributed by atoms with Crippen LogP contribution in [0.1, 0.15) is 36.8 Å². The molecule has 1 atom stereocenters. The van der Waals surface area contributed by atoms with Gasteiger partial charge in [0, 0.05) is 18.9 Å². The third kappa shape index (κ3) is 5.85. The number of amides is 2. The van der Waals surface area contributed by atoms with Crippen molar-refractivity contribution in [1.29, 1.82) is 0 Å². The molecule has 0 saturated carbocycles. The van der Waals surface area contributed by atoms with E-state index in [0.29, 0.717) is 6.42 Å². The predicted molar refractivity (Wildman–Crippen MR) is 118 cm³/mol. The van der Waals surface area contributed by atoms with Gasteiger partial charge >= 0.3 is 12.1 Å². The van der Waals surface area contributed by atoms with Crippen molar-refractivity contribution >= 4 is 18.0 Å². The van der Waals surface area contributed by atoms with Gasteiger partial charge in [0.15, 0.2) is 0 Å². The first-order valence-electron chi connectivity index (χ1n) is 10.7. The summed E-state index contributed by atoms with van der Waals surface area (Å²) in [6.07, 6.45) is -0.166. The third-order valence-electron chi connectivity index (χ3n) is 5.37. The van der Waals surface area contributed by atoms with Crippen LogP contribution in [0.4, 0.5) is 4.79 Å². The zero-order valence-corrected chi connectivity index (χ0v) is 18.0. The Labute approximate surface area is 186 Å². The van der Waals surface area contributed by atoms with Gasteiger partial charge in [-0.3, -0.25) is 4.79 Å². The van der Waals surface area contributed by atoms with E-state index in [2.05, 4.69) is 34.9 Å². The highest BCUT2D eigenvalue weighted by Gasteiger charge is 2.28. The molecule has 0 bridgehead atoms. The molecule has 2 aromatic carbocycles. The van der Waals surface area contributed by atoms with E-state index in [1.807, 2.05) is 24.3 Å². The van der Waals surface area contributed by atoms with Gasteiger partial charge in [-0.05, 0) is 28.7 Å². The molecular weight excluding hydrogens is 412 g/mol. The van der Waals surface area contributed by atoms with Gasteiger partial charge in [0.05, 0.1) is 13.2 Å². The highest BCUT2D eigenvalue weighted by atomic mass is 16.5. The first kappa shape index (κ1) is 23.3. The van der Waals surface area contributed by atoms with Gasteiger partial charge in [0.1, 0.15) is 12.6 Å². The number of hydrogen-bond acceptors (Lipinski definition) is 5. The van der Waals surface area contributed by atoms with Crippen LogP contribution >= 0.6 is 0 Å². The number of rotatable bonds is 11. The van der Waals surface area contributed by atoms with Crippen LogP contribution in [0.3, 0.4) is 0 Å². The van der Waals surface area contributed by atoms with Crippen LogP contribution < -0.4 is 10.6 Å². The van der Waals surface area contributed by atoms with E-state index in [1.54, 1.807) is 6.92 Å². The number of benzene rings is 2. The van der Waals surface area contributed by atoms with Crippen LogP contribution in [0.5, 0.6) is 0 Å². The minimum absolute atomic E-state index is 0.000612. The Kier molecular flexibility index (Phi) is 8.21. The highest BCUT2D eigenvalue weighted by molar-refractivity contribution is 5.83. The summed E-state index contributed by atoms with van der Waals surface area (Å²) in [6, 6.07) is 15.4. The molecule has 0 aromatic heterocycles. The van der Waals surface area contributed by atoms with E-state index < -0.39 is 18.1 Å². The maximum absolute atomic E-state index is 12.1. The number of aliphatic carboxylic acids is 1. The van der Waals surface area contributed by atoms with Crippen molar-refractivity contribution in [3.8, 4) is 11.1 Å². The minimum Gasteiger partial charge on any atom is -0.480 e. The Balaban J connectivity index is 1.34. The zero-order chi connectivity index (χ0) is 22.9. The smallest absolute Gasteiger partial charge is 0.407 e. The van der Waals surface area contributed by atoms with Crippen molar-refractivity contribution < 1.29 is 29.0 Å². The molecule has 1 aliphatic carbocycles. The summed E-state index contributed by atoms with van der Waals surface area (Å²) in [5.74, 6) is -1.45. The molecule has 8 nitrogen and oxygen atoms in total. The van der Waals surface area contributed by atoms with E-state index in [0.717, 1.165) is 11.1 Å². The molecule has 0 radical (unpaired) electrons. The monoisotopic (exact) mass is 440 g/mol. The van der Waals surface area contributed by atoms with Crippen molar-refractivity contribution in [2.45, 2.75) is 31.7 Å². The molecule has 32 heavy (non-hydrogen) atoms. The van der Waals surface area contributed by atoms with Gasteiger partial charge in [-0.1, -0.05) is 55.5 Å². The Morgan fingerprint density at radius 1 is 1.00 bits per heavy atom. The van der Waals surface area contributed by atoms with E-state index in [-0.39, 0.29) is 44.6 Å². The Morgan fingerprint density at radius 3 is 2.22 bits per heavy atom. The largest absolute Gasteiger partial charge is 0.480 e. The maximum Gasteiger partial charge on any atom is 0.407 e. The molecule has 170 valence electrons. The number of carboxylic acids is 1. The van der Waals surface area contributed by atoms with Gasteiger partial charge in [-0.15, -0.1) is 0 Å². The van der Waals surface area contributed by atoms with Gasteiger partial charge in [-0.25, -0.2) is 9.59 Å². The first-order valence-corrected chi connectivity index (χ1v) is 10.7. The van der Waals surface area contributed by atoms with Crippen LogP contribution in [0.25, 0.3) is 11.1 Å². The van der Waals surface area contributed by atoms with Crippen LogP contribution in [0.2, 0.25) is 0 Å². The lowest BCUT2D eigenvalue weighted by atomic mass is 9.98. The Hall–Kier alpha value is -3.39. The average molecular weight is 440 g/mol. The fourth-order valence-corrected chi connectivity index (χ4v) is 3.75. The van der Waals surface area contributed by atoms with Crippen molar-refractivity contribution in [2.24, 2.45) is 0 Å². The topological polar surface area (TPSA) is 114 Å². The average Bonchev–Trinajstić information content (AvgIpc) is 3.12. The van der Waals surface area contributed by atoms with Crippen molar-refractivity contribution in [3.63, 3.8) is 0 Å². The second-order valence-electron chi connectivity index (χ2n) is 7.48. The molecule has 0 fully saturated rings. The number of ether oxygens (including phenoxy) is 2. The number of fused-ring (bicyclic) bond motifs is 3. The number of nitrogens with one attached hydrogen (secondary N) is 2. The van der Waals surface area contributed by atoms with Gasteiger partial charge in [-0.2, -0.15) is 0 Å². The number of carboxylic acid groups (broad SMARTS) is 1. The molecule has 0 unspecified atom stereocenters. The Morgan fingerprint density at radius 2 is 1.62 bits per heavy atom. The van der Waals surface area contributed by atoms with Crippen LogP contribution in [0, 0.1) is 0 Å². The highest BCUT2D eigenvalue weighted by Crippen LogP contribution is 2.44. The summed E-state index contributed by atoms with van der Waals surface area (Å²) < 4.78 is 10.8. The quantitative estimate of drug-likeness (QED) is 0.463. The molecule has 8 heteroatoms. The maximum atomic E-state index is 12.1. The number of carbonyl (C=O) groups excluding carboxylic acids is 2. The van der Waals surface area contributed by atoms with Gasteiger partial charge in [0.2, 0.25) is 5.91 Å². The van der Waals surface area contributed by atoms with Crippen LogP contribution in [0.15, 0.2) is 48.5 Å². The lowest BCUT2D eigenvalue weighted by Crippen LogP contribution is -2.40.